The molecule has 55 heavy (non-hydrogen) atoms. The molecule has 0 aromatic heterocycles. The number of hydrogen-bond donors (Lipinski definition) is 1. The van der Waals surface area contributed by atoms with Crippen molar-refractivity contribution < 1.29 is 61.4 Å². The van der Waals surface area contributed by atoms with Crippen LogP contribution >= 0.6 is 47.9 Å². The van der Waals surface area contributed by atoms with Gasteiger partial charge in [-0.25, -0.2) is 8.78 Å². The van der Waals surface area contributed by atoms with E-state index in [9.17, 15) is 51.9 Å². The first-order chi connectivity index (χ1) is 25.9. The molecule has 0 heterocycles. The smallest absolute Gasteiger partial charge is 0.315 e. The Morgan fingerprint density at radius 1 is 0.636 bits per heavy atom. The van der Waals surface area contributed by atoms with E-state index in [1.165, 1.54) is 45.9 Å². The summed E-state index contributed by atoms with van der Waals surface area (Å²) in [4.78, 5) is 113. The first-order valence-electron chi connectivity index (χ1n) is 16.8. The normalized spacial score (nSPS) is 13.2. The Balaban J connectivity index is 2.43. The van der Waals surface area contributed by atoms with Crippen LogP contribution < -0.4 is 4.74 Å². The van der Waals surface area contributed by atoms with E-state index in [-0.39, 0.29) is 88.5 Å². The number of halogens is 2. The van der Waals surface area contributed by atoms with Crippen LogP contribution in [0.1, 0.15) is 63.7 Å². The SMILES string of the molecule is COC(=O)C(CSC(=O)C(CSC(=O)c1cc(-c2ccc(F)cc2F)ccc1OC(=O)C(CSC(=O)C(CS)CC(C)=O)CC(C)=O)CC(C)=O)CC(C)=O. The second-order valence-corrected chi connectivity index (χ2v) is 16.1. The summed E-state index contributed by atoms with van der Waals surface area (Å²) in [5.41, 5.74) is -0.230. The number of ketones is 4. The van der Waals surface area contributed by atoms with E-state index in [0.29, 0.717) is 17.8 Å². The maximum absolute atomic E-state index is 14.8. The zero-order valence-electron chi connectivity index (χ0n) is 30.8. The van der Waals surface area contributed by atoms with Gasteiger partial charge in [0.15, 0.2) is 10.2 Å². The van der Waals surface area contributed by atoms with Crippen LogP contribution in [-0.4, -0.2) is 80.5 Å². The molecule has 0 saturated heterocycles. The number of esters is 2. The molecule has 2 aromatic rings. The molecule has 0 fully saturated rings. The zero-order valence-corrected chi connectivity index (χ0v) is 34.2. The number of thioether (sulfide) groups is 3. The van der Waals surface area contributed by atoms with Crippen molar-refractivity contribution in [2.75, 3.05) is 30.1 Å². The summed E-state index contributed by atoms with van der Waals surface area (Å²) in [7, 11) is 1.15. The van der Waals surface area contributed by atoms with Crippen molar-refractivity contribution in [3.8, 4) is 16.9 Å². The molecule has 0 bridgehead atoms. The molecule has 0 spiro atoms. The van der Waals surface area contributed by atoms with E-state index < -0.39 is 68.4 Å². The monoisotopic (exact) mass is 840 g/mol. The third kappa shape index (κ3) is 16.1. The number of benzene rings is 2. The molecule has 0 aliphatic carbocycles. The second kappa shape index (κ2) is 23.4. The number of methoxy groups -OCH3 is 1. The van der Waals surface area contributed by atoms with Crippen LogP contribution in [-0.2, 0) is 43.1 Å². The molecular formula is C38H42F2O11S4. The molecule has 4 unspecified atom stereocenters. The Bertz CT molecular complexity index is 1800. The van der Waals surface area contributed by atoms with Gasteiger partial charge in [-0.1, -0.05) is 41.4 Å². The van der Waals surface area contributed by atoms with E-state index in [1.807, 2.05) is 0 Å². The van der Waals surface area contributed by atoms with Crippen LogP contribution in [0.2, 0.25) is 0 Å². The number of hydrogen-bond acceptors (Lipinski definition) is 15. The molecule has 0 saturated carbocycles. The van der Waals surface area contributed by atoms with E-state index in [4.69, 9.17) is 9.47 Å². The molecule has 0 aliphatic rings. The van der Waals surface area contributed by atoms with Crippen LogP contribution in [0.25, 0.3) is 11.1 Å². The highest BCUT2D eigenvalue weighted by Crippen LogP contribution is 2.34. The summed E-state index contributed by atoms with van der Waals surface area (Å²) >= 11 is 6.20. The molecule has 2 rings (SSSR count). The van der Waals surface area contributed by atoms with E-state index in [0.717, 1.165) is 42.8 Å². The molecule has 11 nitrogen and oxygen atoms in total. The van der Waals surface area contributed by atoms with Crippen molar-refractivity contribution in [3.05, 3.63) is 53.6 Å². The van der Waals surface area contributed by atoms with Crippen LogP contribution in [0.15, 0.2) is 36.4 Å². The van der Waals surface area contributed by atoms with Gasteiger partial charge in [0.2, 0.25) is 5.12 Å². The molecule has 0 N–H and O–H groups in total. The Morgan fingerprint density at radius 3 is 1.64 bits per heavy atom. The van der Waals surface area contributed by atoms with Gasteiger partial charge in [-0.05, 0) is 57.5 Å². The van der Waals surface area contributed by atoms with Gasteiger partial charge >= 0.3 is 11.9 Å². The predicted octanol–water partition coefficient (Wildman–Crippen LogP) is 6.41. The van der Waals surface area contributed by atoms with Crippen molar-refractivity contribution in [1.29, 1.82) is 0 Å². The van der Waals surface area contributed by atoms with Gasteiger partial charge < -0.3 is 28.7 Å². The van der Waals surface area contributed by atoms with Gasteiger partial charge in [-0.3, -0.25) is 24.0 Å². The highest BCUT2D eigenvalue weighted by atomic mass is 32.2. The van der Waals surface area contributed by atoms with Crippen LogP contribution in [0.5, 0.6) is 5.75 Å². The van der Waals surface area contributed by atoms with E-state index in [1.54, 1.807) is 0 Å². The first-order valence-corrected chi connectivity index (χ1v) is 20.4. The van der Waals surface area contributed by atoms with Gasteiger partial charge in [0.05, 0.1) is 24.5 Å². The van der Waals surface area contributed by atoms with Gasteiger partial charge in [0, 0.05) is 72.2 Å². The summed E-state index contributed by atoms with van der Waals surface area (Å²) in [6, 6.07) is 6.57. The topological polar surface area (TPSA) is 172 Å². The zero-order chi connectivity index (χ0) is 41.4. The lowest BCUT2D eigenvalue weighted by Crippen LogP contribution is -2.27. The number of Topliss-reactive ketones (excluding diaryl/α,β-unsaturated/α-hetero) is 4. The highest BCUT2D eigenvalue weighted by molar-refractivity contribution is 8.15. The Kier molecular flexibility index (Phi) is 20.2. The number of carbonyl (C=O) groups is 9. The van der Waals surface area contributed by atoms with Crippen LogP contribution in [0.3, 0.4) is 0 Å². The van der Waals surface area contributed by atoms with Crippen LogP contribution in [0.4, 0.5) is 8.78 Å². The summed E-state index contributed by atoms with van der Waals surface area (Å²) in [5.74, 6) is -9.25. The van der Waals surface area contributed by atoms with E-state index in [2.05, 4.69) is 12.6 Å². The molecule has 0 radical (unpaired) electrons. The highest BCUT2D eigenvalue weighted by Gasteiger charge is 2.30. The summed E-state index contributed by atoms with van der Waals surface area (Å²) in [6.45, 7) is 5.12. The first kappa shape index (κ1) is 47.5. The molecule has 298 valence electrons. The lowest BCUT2D eigenvalue weighted by molar-refractivity contribution is -0.146. The standard InChI is InChI=1S/C38H42F2O11S4/c1-20(41)10-25(16-52)36(47)53-18-27(12-22(3)43)35(46)51-33-9-6-24(30-8-7-29(39)15-32(30)40)14-31(33)38(49)55-19-28(13-23(4)44)37(48)54-17-26(11-21(2)42)34(45)50-5/h6-9,14-15,25-28,52H,10-13,16-19H2,1-5H3. The predicted molar refractivity (Wildman–Crippen MR) is 210 cm³/mol. The lowest BCUT2D eigenvalue weighted by Gasteiger charge is -2.18. The van der Waals surface area contributed by atoms with Crippen molar-refractivity contribution in [2.24, 2.45) is 23.7 Å². The summed E-state index contributed by atoms with van der Waals surface area (Å²) in [6.07, 6.45) is -0.785. The molecular weight excluding hydrogens is 799 g/mol. The third-order valence-electron chi connectivity index (χ3n) is 7.81. The van der Waals surface area contributed by atoms with Crippen molar-refractivity contribution in [2.45, 2.75) is 53.4 Å². The molecule has 17 heteroatoms. The fraction of sp³-hybridized carbons (Fsp3) is 0.447. The fourth-order valence-electron chi connectivity index (χ4n) is 5.12. The van der Waals surface area contributed by atoms with Crippen molar-refractivity contribution in [3.63, 3.8) is 0 Å². The number of rotatable bonds is 22. The molecule has 0 aliphatic heterocycles. The van der Waals surface area contributed by atoms with Gasteiger partial charge in [0.1, 0.15) is 40.5 Å². The van der Waals surface area contributed by atoms with Gasteiger partial charge in [-0.2, -0.15) is 12.6 Å². The molecule has 0 amide bonds. The van der Waals surface area contributed by atoms with Crippen LogP contribution in [0, 0.1) is 35.3 Å². The third-order valence-corrected chi connectivity index (χ3v) is 11.7. The molecule has 4 atom stereocenters. The number of thiol groups is 1. The van der Waals surface area contributed by atoms with Gasteiger partial charge in [-0.15, -0.1) is 0 Å². The Labute approximate surface area is 336 Å². The molecule has 2 aromatic carbocycles. The van der Waals surface area contributed by atoms with Crippen molar-refractivity contribution >= 4 is 98.3 Å². The maximum atomic E-state index is 14.8. The average molecular weight is 841 g/mol. The second-order valence-electron chi connectivity index (χ2n) is 12.7. The fourth-order valence-corrected chi connectivity index (χ4v) is 8.63. The van der Waals surface area contributed by atoms with Crippen molar-refractivity contribution in [1.82, 2.24) is 0 Å². The Hall–Kier alpha value is -3.67. The lowest BCUT2D eigenvalue weighted by atomic mass is 10.0. The summed E-state index contributed by atoms with van der Waals surface area (Å²) < 4.78 is 38.9. The average Bonchev–Trinajstić information content (AvgIpc) is 3.11. The Morgan fingerprint density at radius 2 is 1.13 bits per heavy atom. The quantitative estimate of drug-likeness (QED) is 0.0783. The number of ether oxygens (including phenoxy) is 2. The minimum absolute atomic E-state index is 0.0489. The van der Waals surface area contributed by atoms with E-state index >= 15 is 0 Å². The largest absolute Gasteiger partial charge is 0.469 e. The minimum Gasteiger partial charge on any atom is -0.469 e. The summed E-state index contributed by atoms with van der Waals surface area (Å²) in [5, 5.41) is -1.68. The minimum atomic E-state index is -1.15. The maximum Gasteiger partial charge on any atom is 0.315 e. The number of carbonyl (C=O) groups excluding carboxylic acids is 9. The van der Waals surface area contributed by atoms with Gasteiger partial charge in [0.25, 0.3) is 0 Å².